The summed E-state index contributed by atoms with van der Waals surface area (Å²) in [5, 5.41) is 3.81. The molecule has 3 aromatic rings. The zero-order chi connectivity index (χ0) is 23.1. The molecule has 10 heteroatoms. The van der Waals surface area contributed by atoms with Crippen LogP contribution in [0.3, 0.4) is 0 Å². The van der Waals surface area contributed by atoms with Gasteiger partial charge in [0.1, 0.15) is 0 Å². The molecule has 0 aliphatic rings. The van der Waals surface area contributed by atoms with Crippen LogP contribution in [0.5, 0.6) is 0 Å². The number of imide groups is 1. The predicted molar refractivity (Wildman–Crippen MR) is 120 cm³/mol. The summed E-state index contributed by atoms with van der Waals surface area (Å²) < 4.78 is 32.4. The van der Waals surface area contributed by atoms with Gasteiger partial charge in [-0.3, -0.25) is 19.2 Å². The van der Waals surface area contributed by atoms with Crippen LogP contribution in [0.4, 0.5) is 5.69 Å². The van der Waals surface area contributed by atoms with Crippen LogP contribution in [-0.4, -0.2) is 39.4 Å². The molecule has 1 heterocycles. The molecule has 0 saturated heterocycles. The molecule has 2 aromatic carbocycles. The lowest BCUT2D eigenvalue weighted by Gasteiger charge is -2.23. The summed E-state index contributed by atoms with van der Waals surface area (Å²) in [5.41, 5.74) is 0.461. The number of carbonyl (C=O) groups excluding carboxylic acids is 3. The summed E-state index contributed by atoms with van der Waals surface area (Å²) >= 11 is 1.17. The molecule has 0 radical (unpaired) electrons. The number of ether oxygens (including phenoxy) is 1. The molecule has 3 rings (SSSR count). The Hall–Kier alpha value is -3.50. The Morgan fingerprint density at radius 1 is 1.00 bits per heavy atom. The number of anilines is 1. The number of hydrogen-bond donors (Lipinski definition) is 1. The van der Waals surface area contributed by atoms with Crippen LogP contribution in [0.15, 0.2) is 77.0 Å². The number of hydrogen-bond acceptors (Lipinski definition) is 7. The van der Waals surface area contributed by atoms with Gasteiger partial charge < -0.3 is 4.74 Å². The lowest BCUT2D eigenvalue weighted by atomic mass is 10.2. The first-order chi connectivity index (χ1) is 15.3. The lowest BCUT2D eigenvalue weighted by Crippen LogP contribution is -2.33. The molecule has 1 N–H and O–H groups in total. The summed E-state index contributed by atoms with van der Waals surface area (Å²) in [5.74, 6) is -2.26. The van der Waals surface area contributed by atoms with Gasteiger partial charge in [-0.05, 0) is 48.7 Å². The van der Waals surface area contributed by atoms with Gasteiger partial charge in [-0.25, -0.2) is 13.2 Å². The average Bonchev–Trinajstić information content (AvgIpc) is 3.34. The Balaban J connectivity index is 1.69. The van der Waals surface area contributed by atoms with Crippen molar-refractivity contribution >= 4 is 44.8 Å². The van der Waals surface area contributed by atoms with Gasteiger partial charge in [-0.15, -0.1) is 11.3 Å². The highest BCUT2D eigenvalue weighted by Crippen LogP contribution is 2.24. The minimum Gasteiger partial charge on any atom is -0.452 e. The van der Waals surface area contributed by atoms with Gasteiger partial charge in [-0.1, -0.05) is 30.3 Å². The van der Waals surface area contributed by atoms with E-state index in [-0.39, 0.29) is 17.0 Å². The Morgan fingerprint density at radius 3 is 2.41 bits per heavy atom. The molecule has 0 fully saturated rings. The normalized spacial score (nSPS) is 10.9. The third-order valence-corrected chi connectivity index (χ3v) is 7.09. The zero-order valence-corrected chi connectivity index (χ0v) is 18.7. The van der Waals surface area contributed by atoms with Crippen molar-refractivity contribution in [2.45, 2.75) is 11.8 Å². The Labute approximate surface area is 189 Å². The number of rotatable bonds is 8. The lowest BCUT2D eigenvalue weighted by molar-refractivity contribution is -0.123. The van der Waals surface area contributed by atoms with E-state index in [1.165, 1.54) is 39.9 Å². The van der Waals surface area contributed by atoms with Crippen LogP contribution in [-0.2, 0) is 19.6 Å². The molecule has 0 unspecified atom stereocenters. The molecule has 0 aliphatic carbocycles. The second-order valence-electron chi connectivity index (χ2n) is 6.46. The number of esters is 1. The second kappa shape index (κ2) is 10.2. The van der Waals surface area contributed by atoms with E-state index < -0.39 is 34.4 Å². The smallest absolute Gasteiger partial charge is 0.338 e. The Kier molecular flexibility index (Phi) is 7.39. The maximum Gasteiger partial charge on any atom is 0.338 e. The molecule has 0 atom stereocenters. The third kappa shape index (κ3) is 5.40. The van der Waals surface area contributed by atoms with E-state index in [4.69, 9.17) is 4.74 Å². The first-order valence-corrected chi connectivity index (χ1v) is 11.9. The van der Waals surface area contributed by atoms with Crippen LogP contribution >= 0.6 is 11.3 Å². The predicted octanol–water partition coefficient (Wildman–Crippen LogP) is 3.08. The number of carbonyl (C=O) groups is 3. The van der Waals surface area contributed by atoms with Gasteiger partial charge in [0.15, 0.2) is 6.61 Å². The molecule has 0 bridgehead atoms. The molecule has 8 nitrogen and oxygen atoms in total. The topological polar surface area (TPSA) is 110 Å². The minimum absolute atomic E-state index is 0.0347. The summed E-state index contributed by atoms with van der Waals surface area (Å²) in [7, 11) is -3.93. The van der Waals surface area contributed by atoms with Crippen molar-refractivity contribution < 1.29 is 27.5 Å². The monoisotopic (exact) mass is 472 g/mol. The average molecular weight is 473 g/mol. The van der Waals surface area contributed by atoms with E-state index in [2.05, 4.69) is 5.32 Å². The van der Waals surface area contributed by atoms with Gasteiger partial charge in [0.25, 0.3) is 21.8 Å². The van der Waals surface area contributed by atoms with Gasteiger partial charge in [0, 0.05) is 6.54 Å². The van der Waals surface area contributed by atoms with Crippen LogP contribution in [0, 0.1) is 0 Å². The molecule has 166 valence electrons. The number of para-hydroxylation sites is 1. The fraction of sp³-hybridized carbons (Fsp3) is 0.136. The SMILES string of the molecule is CCN(c1ccccc1)S(=O)(=O)c1cccc(C(=O)OCC(=O)NC(=O)c2cccs2)c1. The Morgan fingerprint density at radius 2 is 1.75 bits per heavy atom. The molecule has 0 spiro atoms. The minimum atomic E-state index is -3.93. The largest absolute Gasteiger partial charge is 0.452 e. The molecule has 0 aliphatic heterocycles. The maximum atomic E-state index is 13.1. The number of nitrogens with one attached hydrogen (secondary N) is 1. The highest BCUT2D eigenvalue weighted by Gasteiger charge is 2.25. The Bertz CT molecular complexity index is 1210. The summed E-state index contributed by atoms with van der Waals surface area (Å²) in [4.78, 5) is 36.4. The van der Waals surface area contributed by atoms with Crippen molar-refractivity contribution in [2.75, 3.05) is 17.5 Å². The molecule has 2 amide bonds. The van der Waals surface area contributed by atoms with Crippen molar-refractivity contribution in [2.24, 2.45) is 0 Å². The first-order valence-electron chi connectivity index (χ1n) is 9.55. The van der Waals surface area contributed by atoms with Gasteiger partial charge in [-0.2, -0.15) is 0 Å². The summed E-state index contributed by atoms with van der Waals surface area (Å²) in [6.07, 6.45) is 0. The van der Waals surface area contributed by atoms with Crippen LogP contribution < -0.4 is 9.62 Å². The van der Waals surface area contributed by atoms with E-state index in [1.54, 1.807) is 54.8 Å². The van der Waals surface area contributed by atoms with Gasteiger partial charge in [0.2, 0.25) is 0 Å². The van der Waals surface area contributed by atoms with E-state index >= 15 is 0 Å². The molecular weight excluding hydrogens is 452 g/mol. The zero-order valence-electron chi connectivity index (χ0n) is 17.1. The molecule has 32 heavy (non-hydrogen) atoms. The quantitative estimate of drug-likeness (QED) is 0.505. The van der Waals surface area contributed by atoms with Crippen molar-refractivity contribution in [3.05, 3.63) is 82.6 Å². The van der Waals surface area contributed by atoms with Crippen molar-refractivity contribution in [1.29, 1.82) is 0 Å². The number of nitrogens with zero attached hydrogens (tertiary/aromatic N) is 1. The van der Waals surface area contributed by atoms with E-state index in [0.29, 0.717) is 10.6 Å². The van der Waals surface area contributed by atoms with E-state index in [1.807, 2.05) is 0 Å². The van der Waals surface area contributed by atoms with E-state index in [9.17, 15) is 22.8 Å². The number of amides is 2. The second-order valence-corrected chi connectivity index (χ2v) is 9.27. The van der Waals surface area contributed by atoms with Gasteiger partial charge >= 0.3 is 5.97 Å². The highest BCUT2D eigenvalue weighted by molar-refractivity contribution is 7.92. The third-order valence-electron chi connectivity index (χ3n) is 4.32. The van der Waals surface area contributed by atoms with Crippen molar-refractivity contribution in [3.63, 3.8) is 0 Å². The molecular formula is C22H20N2O6S2. The first kappa shape index (κ1) is 23.2. The standard InChI is InChI=1S/C22H20N2O6S2/c1-2-24(17-9-4-3-5-10-17)32(28,29)18-11-6-8-16(14-18)22(27)30-15-20(25)23-21(26)19-12-7-13-31-19/h3-14H,2,15H2,1H3,(H,23,25,26). The van der Waals surface area contributed by atoms with Crippen molar-refractivity contribution in [1.82, 2.24) is 5.32 Å². The maximum absolute atomic E-state index is 13.1. The fourth-order valence-corrected chi connectivity index (χ4v) is 4.98. The van der Waals surface area contributed by atoms with Crippen LogP contribution in [0.2, 0.25) is 0 Å². The van der Waals surface area contributed by atoms with Crippen molar-refractivity contribution in [3.8, 4) is 0 Å². The van der Waals surface area contributed by atoms with E-state index in [0.717, 1.165) is 0 Å². The van der Waals surface area contributed by atoms with Crippen LogP contribution in [0.25, 0.3) is 0 Å². The summed E-state index contributed by atoms with van der Waals surface area (Å²) in [6, 6.07) is 17.2. The van der Waals surface area contributed by atoms with Crippen LogP contribution in [0.1, 0.15) is 27.0 Å². The highest BCUT2D eigenvalue weighted by atomic mass is 32.2. The number of thiophene rings is 1. The number of benzene rings is 2. The molecule has 0 saturated carbocycles. The number of sulfonamides is 1. The fourth-order valence-electron chi connectivity index (χ4n) is 2.84. The summed E-state index contributed by atoms with van der Waals surface area (Å²) in [6.45, 7) is 1.22. The molecule has 1 aromatic heterocycles. The van der Waals surface area contributed by atoms with Gasteiger partial charge in [0.05, 0.1) is 21.0 Å².